The number of nitrogens with one attached hydrogen (secondary N) is 1. The summed E-state index contributed by atoms with van der Waals surface area (Å²) < 4.78 is 6.38. The monoisotopic (exact) mass is 389 g/mol. The molecule has 0 spiro atoms. The quantitative estimate of drug-likeness (QED) is 0.733. The molecule has 0 radical (unpaired) electrons. The zero-order valence-electron chi connectivity index (χ0n) is 15.9. The van der Waals surface area contributed by atoms with Gasteiger partial charge in [0.25, 0.3) is 11.2 Å². The highest BCUT2D eigenvalue weighted by molar-refractivity contribution is 6.30. The lowest BCUT2D eigenvalue weighted by Gasteiger charge is -2.32. The van der Waals surface area contributed by atoms with E-state index < -0.39 is 6.29 Å². The maximum absolute atomic E-state index is 12.4. The van der Waals surface area contributed by atoms with Gasteiger partial charge >= 0.3 is 5.70 Å². The molecule has 1 saturated heterocycles. The lowest BCUT2D eigenvalue weighted by Crippen LogP contribution is -2.40. The molecule has 1 aromatic carbocycles. The van der Waals surface area contributed by atoms with Crippen molar-refractivity contribution in [1.82, 2.24) is 0 Å². The standard InChI is InChI=1S/C21H26ClN2O3/c1-12-4-9-16-19(21(16,2)3)20(12)26-18-10-15(17(11-23)24(25)27-18)13-5-7-14(22)8-6-13/h5-8,12,15-16,18-20,23H,4,9-10H2,1-3H3/q+1/t12-,15-,16+,18-,19+,20+/m0/s1. The molecule has 1 N–H and O–H groups in total. The molecule has 0 unspecified atom stereocenters. The van der Waals surface area contributed by atoms with Crippen molar-refractivity contribution in [1.29, 1.82) is 5.41 Å². The van der Waals surface area contributed by atoms with E-state index in [1.165, 1.54) is 6.42 Å². The molecule has 6 heteroatoms. The second-order valence-electron chi connectivity index (χ2n) is 8.75. The van der Waals surface area contributed by atoms with E-state index in [-0.39, 0.29) is 17.7 Å². The number of nitrogens with zero attached hydrogens (tertiary/aromatic N) is 1. The van der Waals surface area contributed by atoms with Crippen molar-refractivity contribution in [3.05, 3.63) is 45.5 Å². The second kappa shape index (κ2) is 6.73. The van der Waals surface area contributed by atoms with E-state index in [0.717, 1.165) is 12.0 Å². The van der Waals surface area contributed by atoms with E-state index in [4.69, 9.17) is 26.6 Å². The van der Waals surface area contributed by atoms with E-state index in [9.17, 15) is 4.91 Å². The van der Waals surface area contributed by atoms with Crippen molar-refractivity contribution in [2.75, 3.05) is 0 Å². The largest absolute Gasteiger partial charge is 0.361 e. The van der Waals surface area contributed by atoms with E-state index in [1.807, 2.05) is 12.1 Å². The van der Waals surface area contributed by atoms with Gasteiger partial charge in [0.2, 0.25) is 0 Å². The molecular weight excluding hydrogens is 364 g/mol. The molecule has 2 saturated carbocycles. The molecule has 1 aromatic rings. The number of halogens is 1. The Morgan fingerprint density at radius 3 is 2.67 bits per heavy atom. The molecule has 5 nitrogen and oxygen atoms in total. The Morgan fingerprint density at radius 2 is 2.00 bits per heavy atom. The minimum absolute atomic E-state index is 0.105. The van der Waals surface area contributed by atoms with Gasteiger partial charge in [0, 0.05) is 11.4 Å². The third kappa shape index (κ3) is 3.22. The minimum Gasteiger partial charge on any atom is -0.334 e. The van der Waals surface area contributed by atoms with Crippen molar-refractivity contribution in [2.24, 2.45) is 23.2 Å². The molecule has 1 aliphatic heterocycles. The van der Waals surface area contributed by atoms with Crippen molar-refractivity contribution in [3.63, 3.8) is 0 Å². The molecule has 6 atom stereocenters. The fraction of sp³-hybridized carbons (Fsp3) is 0.619. The molecule has 3 fully saturated rings. The van der Waals surface area contributed by atoms with Crippen LogP contribution in [0.15, 0.2) is 30.0 Å². The third-order valence-corrected chi connectivity index (χ3v) is 7.12. The van der Waals surface area contributed by atoms with Crippen LogP contribution in [-0.2, 0) is 9.57 Å². The molecule has 1 heterocycles. The molecule has 2 aliphatic carbocycles. The van der Waals surface area contributed by atoms with Crippen LogP contribution >= 0.6 is 11.6 Å². The van der Waals surface area contributed by atoms with Gasteiger partial charge in [0.15, 0.2) is 0 Å². The van der Waals surface area contributed by atoms with E-state index in [1.54, 1.807) is 12.1 Å². The van der Waals surface area contributed by atoms with Gasteiger partial charge in [-0.15, -0.1) is 0 Å². The molecule has 27 heavy (non-hydrogen) atoms. The minimum atomic E-state index is -0.622. The third-order valence-electron chi connectivity index (χ3n) is 6.86. The fourth-order valence-corrected chi connectivity index (χ4v) is 5.31. The first-order valence-electron chi connectivity index (χ1n) is 9.67. The molecule has 0 aromatic heterocycles. The van der Waals surface area contributed by atoms with Gasteiger partial charge in [-0.05, 0) is 53.7 Å². The number of ether oxygens (including phenoxy) is 1. The SMILES string of the molecule is C[C@H]1CC[C@@H]2[C@H]([C@@H]1O[C@@H]1C[C@@H](c3ccc(Cl)cc3)C(=C=N)[N+](=O)O1)C2(C)C. The van der Waals surface area contributed by atoms with Crippen LogP contribution in [0.3, 0.4) is 0 Å². The van der Waals surface area contributed by atoms with E-state index >= 15 is 0 Å². The second-order valence-corrected chi connectivity index (χ2v) is 9.19. The zero-order chi connectivity index (χ0) is 19.3. The first kappa shape index (κ1) is 18.7. The van der Waals surface area contributed by atoms with Gasteiger partial charge in [-0.25, -0.2) is 0 Å². The number of fused-ring (bicyclic) bond motifs is 1. The molecule has 144 valence electrons. The number of benzene rings is 1. The molecule has 4 rings (SSSR count). The molecule has 0 amide bonds. The average molecular weight is 390 g/mol. The Morgan fingerprint density at radius 1 is 1.30 bits per heavy atom. The Balaban J connectivity index is 1.55. The highest BCUT2D eigenvalue weighted by Crippen LogP contribution is 2.66. The average Bonchev–Trinajstić information content (AvgIpc) is 3.19. The fourth-order valence-electron chi connectivity index (χ4n) is 5.19. The summed E-state index contributed by atoms with van der Waals surface area (Å²) in [6.07, 6.45) is 2.38. The lowest BCUT2D eigenvalue weighted by atomic mass is 9.87. The Bertz CT molecular complexity index is 800. The number of rotatable bonds is 3. The summed E-state index contributed by atoms with van der Waals surface area (Å²) in [5.74, 6) is 3.63. The van der Waals surface area contributed by atoms with Gasteiger partial charge in [0.05, 0.1) is 22.8 Å². The van der Waals surface area contributed by atoms with Crippen molar-refractivity contribution in [3.8, 4) is 0 Å². The number of hydrogen-bond donors (Lipinski definition) is 1. The summed E-state index contributed by atoms with van der Waals surface area (Å²) in [7, 11) is 0. The topological polar surface area (TPSA) is 62.4 Å². The van der Waals surface area contributed by atoms with E-state index in [2.05, 4.69) is 26.6 Å². The predicted octanol–water partition coefficient (Wildman–Crippen LogP) is 5.08. The Kier molecular flexibility index (Phi) is 4.66. The summed E-state index contributed by atoms with van der Waals surface area (Å²) in [5.41, 5.74) is 1.38. The number of hydrogen-bond acceptors (Lipinski definition) is 4. The normalized spacial score (nSPS) is 37.2. The van der Waals surface area contributed by atoms with Crippen LogP contribution in [0.2, 0.25) is 5.02 Å². The van der Waals surface area contributed by atoms with Gasteiger partial charge in [-0.3, -0.25) is 5.41 Å². The molecule has 3 aliphatic rings. The summed E-state index contributed by atoms with van der Waals surface area (Å²) in [4.78, 5) is 18.3. The summed E-state index contributed by atoms with van der Waals surface area (Å²) >= 11 is 5.99. The lowest BCUT2D eigenvalue weighted by molar-refractivity contribution is -0.802. The molecular formula is C21H26ClN2O3+. The Hall–Kier alpha value is -1.68. The van der Waals surface area contributed by atoms with Crippen LogP contribution in [-0.4, -0.2) is 23.2 Å². The van der Waals surface area contributed by atoms with Gasteiger partial charge in [0.1, 0.15) is 0 Å². The highest BCUT2D eigenvalue weighted by Gasteiger charge is 2.64. The maximum atomic E-state index is 12.4. The maximum Gasteiger partial charge on any atom is 0.361 e. The van der Waals surface area contributed by atoms with Gasteiger partial charge in [-0.1, -0.05) is 44.5 Å². The van der Waals surface area contributed by atoms with Crippen LogP contribution in [0, 0.1) is 33.5 Å². The van der Waals surface area contributed by atoms with Crippen molar-refractivity contribution < 1.29 is 14.5 Å². The summed E-state index contributed by atoms with van der Waals surface area (Å²) in [5, 5.41) is 8.15. The van der Waals surface area contributed by atoms with Crippen LogP contribution in [0.4, 0.5) is 0 Å². The summed E-state index contributed by atoms with van der Waals surface area (Å²) in [6, 6.07) is 7.34. The van der Waals surface area contributed by atoms with Crippen LogP contribution in [0.25, 0.3) is 0 Å². The van der Waals surface area contributed by atoms with Crippen molar-refractivity contribution in [2.45, 2.75) is 58.3 Å². The van der Waals surface area contributed by atoms with Crippen molar-refractivity contribution >= 4 is 17.5 Å². The Labute approximate surface area is 164 Å². The summed E-state index contributed by atoms with van der Waals surface area (Å²) in [6.45, 7) is 6.85. The van der Waals surface area contributed by atoms with Gasteiger partial charge in [-0.2, -0.15) is 4.84 Å². The smallest absolute Gasteiger partial charge is 0.334 e. The predicted molar refractivity (Wildman–Crippen MR) is 103 cm³/mol. The van der Waals surface area contributed by atoms with Crippen LogP contribution in [0.5, 0.6) is 0 Å². The highest BCUT2D eigenvalue weighted by atomic mass is 35.5. The van der Waals surface area contributed by atoms with Crippen LogP contribution in [0.1, 0.15) is 51.5 Å². The van der Waals surface area contributed by atoms with Gasteiger partial charge < -0.3 is 4.74 Å². The molecule has 0 bridgehead atoms. The van der Waals surface area contributed by atoms with Crippen LogP contribution < -0.4 is 0 Å². The zero-order valence-corrected chi connectivity index (χ0v) is 16.7. The van der Waals surface area contributed by atoms with E-state index in [0.29, 0.717) is 39.5 Å². The first-order chi connectivity index (χ1) is 12.8. The number of allylic oxidation sites excluding steroid dienone is 1. The first-order valence-corrected chi connectivity index (χ1v) is 10.0.